The molecule has 1 aromatic rings. The van der Waals surface area contributed by atoms with Gasteiger partial charge in [-0.15, -0.1) is 0 Å². The third-order valence-electron chi connectivity index (χ3n) is 2.97. The minimum Gasteiger partial charge on any atom is -0.379 e. The van der Waals surface area contributed by atoms with E-state index in [2.05, 4.69) is 5.32 Å². The zero-order valence-corrected chi connectivity index (χ0v) is 9.11. The Bertz CT molecular complexity index is 359. The number of carbonyl (C=O) groups is 1. The van der Waals surface area contributed by atoms with Crippen LogP contribution in [-0.2, 0) is 16.1 Å². The SMILES string of the molecule is NC(=O)[C@]1(NCc2ccccc2)CCOC1. The molecule has 0 saturated carbocycles. The van der Waals surface area contributed by atoms with Crippen molar-refractivity contribution in [1.29, 1.82) is 0 Å². The lowest BCUT2D eigenvalue weighted by Gasteiger charge is -2.25. The average molecular weight is 220 g/mol. The van der Waals surface area contributed by atoms with Crippen LogP contribution in [0.15, 0.2) is 30.3 Å². The number of nitrogens with one attached hydrogen (secondary N) is 1. The number of primary amides is 1. The minimum atomic E-state index is -0.685. The average Bonchev–Trinajstić information content (AvgIpc) is 2.78. The molecule has 0 radical (unpaired) electrons. The molecule has 86 valence electrons. The number of hydrogen-bond acceptors (Lipinski definition) is 3. The van der Waals surface area contributed by atoms with Crippen LogP contribution in [0.25, 0.3) is 0 Å². The Morgan fingerprint density at radius 3 is 2.75 bits per heavy atom. The fourth-order valence-corrected chi connectivity index (χ4v) is 1.85. The molecule has 1 aliphatic heterocycles. The minimum absolute atomic E-state index is 0.332. The van der Waals surface area contributed by atoms with Gasteiger partial charge in [0.25, 0.3) is 0 Å². The van der Waals surface area contributed by atoms with Crippen molar-refractivity contribution in [3.63, 3.8) is 0 Å². The van der Waals surface area contributed by atoms with Gasteiger partial charge in [0.1, 0.15) is 5.54 Å². The Labute approximate surface area is 94.8 Å². The molecule has 1 atom stereocenters. The summed E-state index contributed by atoms with van der Waals surface area (Å²) in [6, 6.07) is 9.93. The highest BCUT2D eigenvalue weighted by atomic mass is 16.5. The van der Waals surface area contributed by atoms with E-state index in [9.17, 15) is 4.79 Å². The van der Waals surface area contributed by atoms with E-state index in [1.54, 1.807) is 0 Å². The second kappa shape index (κ2) is 4.63. The number of hydrogen-bond donors (Lipinski definition) is 2. The largest absolute Gasteiger partial charge is 0.379 e. The van der Waals surface area contributed by atoms with E-state index in [-0.39, 0.29) is 5.91 Å². The fraction of sp³-hybridized carbons (Fsp3) is 0.417. The van der Waals surface area contributed by atoms with Gasteiger partial charge in [-0.1, -0.05) is 30.3 Å². The summed E-state index contributed by atoms with van der Waals surface area (Å²) in [7, 11) is 0. The monoisotopic (exact) mass is 220 g/mol. The predicted molar refractivity (Wildman–Crippen MR) is 60.6 cm³/mol. The van der Waals surface area contributed by atoms with E-state index < -0.39 is 5.54 Å². The van der Waals surface area contributed by atoms with E-state index in [1.807, 2.05) is 30.3 Å². The van der Waals surface area contributed by atoms with Gasteiger partial charge < -0.3 is 10.5 Å². The number of ether oxygens (including phenoxy) is 1. The number of nitrogens with two attached hydrogens (primary N) is 1. The lowest BCUT2D eigenvalue weighted by atomic mass is 9.97. The zero-order valence-electron chi connectivity index (χ0n) is 9.11. The van der Waals surface area contributed by atoms with E-state index in [4.69, 9.17) is 10.5 Å². The molecule has 0 spiro atoms. The number of benzene rings is 1. The molecule has 2 rings (SSSR count). The summed E-state index contributed by atoms with van der Waals surface area (Å²) in [4.78, 5) is 11.4. The van der Waals surface area contributed by atoms with Gasteiger partial charge in [0, 0.05) is 19.6 Å². The highest BCUT2D eigenvalue weighted by molar-refractivity contribution is 5.85. The summed E-state index contributed by atoms with van der Waals surface area (Å²) < 4.78 is 5.25. The second-order valence-corrected chi connectivity index (χ2v) is 4.09. The molecular weight excluding hydrogens is 204 g/mol. The first-order valence-corrected chi connectivity index (χ1v) is 5.40. The molecule has 1 aliphatic rings. The van der Waals surface area contributed by atoms with Crippen molar-refractivity contribution in [3.05, 3.63) is 35.9 Å². The van der Waals surface area contributed by atoms with Crippen LogP contribution >= 0.6 is 0 Å². The van der Waals surface area contributed by atoms with Gasteiger partial charge in [0.15, 0.2) is 0 Å². The first kappa shape index (κ1) is 11.1. The molecule has 0 aliphatic carbocycles. The Morgan fingerprint density at radius 1 is 1.44 bits per heavy atom. The van der Waals surface area contributed by atoms with Gasteiger partial charge in [-0.25, -0.2) is 0 Å². The Kier molecular flexibility index (Phi) is 3.22. The summed E-state index contributed by atoms with van der Waals surface area (Å²) in [6.45, 7) is 1.59. The molecule has 0 aromatic heterocycles. The molecule has 1 fully saturated rings. The van der Waals surface area contributed by atoms with Crippen molar-refractivity contribution >= 4 is 5.91 Å². The van der Waals surface area contributed by atoms with Gasteiger partial charge in [0.05, 0.1) is 6.61 Å². The lowest BCUT2D eigenvalue weighted by Crippen LogP contribution is -2.55. The van der Waals surface area contributed by atoms with Gasteiger partial charge in [-0.2, -0.15) is 0 Å². The van der Waals surface area contributed by atoms with Crippen LogP contribution in [0.5, 0.6) is 0 Å². The van der Waals surface area contributed by atoms with Crippen molar-refractivity contribution in [2.45, 2.75) is 18.5 Å². The molecule has 1 aromatic carbocycles. The highest BCUT2D eigenvalue weighted by Gasteiger charge is 2.40. The van der Waals surface area contributed by atoms with Crippen LogP contribution in [0.2, 0.25) is 0 Å². The van der Waals surface area contributed by atoms with E-state index >= 15 is 0 Å². The molecule has 1 heterocycles. The Morgan fingerprint density at radius 2 is 2.19 bits per heavy atom. The van der Waals surface area contributed by atoms with Crippen molar-refractivity contribution < 1.29 is 9.53 Å². The van der Waals surface area contributed by atoms with Gasteiger partial charge in [0.2, 0.25) is 5.91 Å². The highest BCUT2D eigenvalue weighted by Crippen LogP contribution is 2.18. The number of amides is 1. The molecule has 1 amide bonds. The summed E-state index contributed by atoms with van der Waals surface area (Å²) in [6.07, 6.45) is 0.648. The van der Waals surface area contributed by atoms with Crippen molar-refractivity contribution in [1.82, 2.24) is 5.32 Å². The lowest BCUT2D eigenvalue weighted by molar-refractivity contribution is -0.124. The zero-order chi connectivity index (χ0) is 11.4. The van der Waals surface area contributed by atoms with Crippen LogP contribution in [0, 0.1) is 0 Å². The van der Waals surface area contributed by atoms with Crippen LogP contribution in [0.3, 0.4) is 0 Å². The molecule has 3 N–H and O–H groups in total. The maximum Gasteiger partial charge on any atom is 0.240 e. The standard InChI is InChI=1S/C12H16N2O2/c13-11(15)12(6-7-16-9-12)14-8-10-4-2-1-3-5-10/h1-5,14H,6-9H2,(H2,13,15)/t12-/m0/s1. The molecule has 1 saturated heterocycles. The third-order valence-corrected chi connectivity index (χ3v) is 2.97. The third kappa shape index (κ3) is 2.23. The van der Waals surface area contributed by atoms with Crippen molar-refractivity contribution in [3.8, 4) is 0 Å². The molecule has 16 heavy (non-hydrogen) atoms. The maximum atomic E-state index is 11.4. The van der Waals surface area contributed by atoms with E-state index in [1.165, 1.54) is 0 Å². The quantitative estimate of drug-likeness (QED) is 0.773. The van der Waals surface area contributed by atoms with Crippen LogP contribution in [-0.4, -0.2) is 24.7 Å². The van der Waals surface area contributed by atoms with E-state index in [0.717, 1.165) is 5.56 Å². The first-order valence-electron chi connectivity index (χ1n) is 5.40. The molecular formula is C12H16N2O2. The molecule has 4 heteroatoms. The number of rotatable bonds is 4. The normalized spacial score (nSPS) is 24.5. The maximum absolute atomic E-state index is 11.4. The topological polar surface area (TPSA) is 64.4 Å². The summed E-state index contributed by atoms with van der Waals surface area (Å²) in [5, 5.41) is 3.21. The van der Waals surface area contributed by atoms with Gasteiger partial charge in [-0.3, -0.25) is 10.1 Å². The summed E-state index contributed by atoms with van der Waals surface area (Å²) in [5.74, 6) is -0.332. The summed E-state index contributed by atoms with van der Waals surface area (Å²) >= 11 is 0. The first-order chi connectivity index (χ1) is 7.73. The fourth-order valence-electron chi connectivity index (χ4n) is 1.85. The Hall–Kier alpha value is -1.39. The van der Waals surface area contributed by atoms with Gasteiger partial charge in [-0.05, 0) is 5.56 Å². The van der Waals surface area contributed by atoms with Crippen LogP contribution in [0.1, 0.15) is 12.0 Å². The van der Waals surface area contributed by atoms with Crippen molar-refractivity contribution in [2.24, 2.45) is 5.73 Å². The van der Waals surface area contributed by atoms with Gasteiger partial charge >= 0.3 is 0 Å². The van der Waals surface area contributed by atoms with Crippen LogP contribution in [0.4, 0.5) is 0 Å². The van der Waals surface area contributed by atoms with E-state index in [0.29, 0.717) is 26.2 Å². The molecule has 0 bridgehead atoms. The predicted octanol–water partition coefficient (Wildman–Crippen LogP) is 0.421. The molecule has 0 unspecified atom stereocenters. The summed E-state index contributed by atoms with van der Waals surface area (Å²) in [5.41, 5.74) is 5.87. The number of carbonyl (C=O) groups excluding carboxylic acids is 1. The second-order valence-electron chi connectivity index (χ2n) is 4.09. The van der Waals surface area contributed by atoms with Crippen LogP contribution < -0.4 is 11.1 Å². The smallest absolute Gasteiger partial charge is 0.240 e. The molecule has 4 nitrogen and oxygen atoms in total. The Balaban J connectivity index is 2.00. The van der Waals surface area contributed by atoms with Crippen molar-refractivity contribution in [2.75, 3.05) is 13.2 Å².